The normalized spacial score (nSPS) is 19.1. The zero-order chi connectivity index (χ0) is 20.3. The van der Waals surface area contributed by atoms with E-state index in [9.17, 15) is 14.9 Å². The highest BCUT2D eigenvalue weighted by Crippen LogP contribution is 2.46. The number of nitriles is 1. The van der Waals surface area contributed by atoms with Gasteiger partial charge in [0.25, 0.3) is 0 Å². The van der Waals surface area contributed by atoms with Gasteiger partial charge in [-0.25, -0.2) is 0 Å². The van der Waals surface area contributed by atoms with Crippen LogP contribution in [0.3, 0.4) is 0 Å². The molecule has 1 heterocycles. The Morgan fingerprint density at radius 2 is 2.18 bits per heavy atom. The summed E-state index contributed by atoms with van der Waals surface area (Å²) in [5.41, 5.74) is 2.31. The second kappa shape index (κ2) is 9.04. The summed E-state index contributed by atoms with van der Waals surface area (Å²) in [5.74, 6) is -0.911. The van der Waals surface area contributed by atoms with Crippen molar-refractivity contribution < 1.29 is 14.3 Å². The third kappa shape index (κ3) is 4.07. The fourth-order valence-corrected chi connectivity index (χ4v) is 4.70. The van der Waals surface area contributed by atoms with Crippen molar-refractivity contribution in [2.45, 2.75) is 32.1 Å². The lowest BCUT2D eigenvalue weighted by Crippen LogP contribution is -2.31. The molecule has 0 fully saturated rings. The number of hydrogen-bond donors (Lipinski definition) is 1. The summed E-state index contributed by atoms with van der Waals surface area (Å²) in [6.45, 7) is 2.03. The Hall–Kier alpha value is -1.94. The molecule has 1 N–H and O–H groups in total. The Balaban J connectivity index is 2.09. The van der Waals surface area contributed by atoms with Crippen LogP contribution in [-0.4, -0.2) is 24.1 Å². The lowest BCUT2D eigenvalue weighted by Gasteiger charge is -2.33. The molecule has 1 aromatic carbocycles. The van der Waals surface area contributed by atoms with E-state index in [0.29, 0.717) is 51.2 Å². The maximum Gasteiger partial charge on any atom is 0.316 e. The van der Waals surface area contributed by atoms with E-state index in [1.807, 2.05) is 0 Å². The lowest BCUT2D eigenvalue weighted by atomic mass is 9.77. The van der Waals surface area contributed by atoms with Crippen LogP contribution < -0.4 is 5.32 Å². The van der Waals surface area contributed by atoms with Crippen LogP contribution in [0, 0.1) is 11.3 Å². The average molecular weight is 437 g/mol. The van der Waals surface area contributed by atoms with Crippen LogP contribution >= 0.6 is 35.0 Å². The van der Waals surface area contributed by atoms with E-state index in [1.165, 1.54) is 11.8 Å². The molecule has 0 saturated carbocycles. The summed E-state index contributed by atoms with van der Waals surface area (Å²) < 4.78 is 4.97. The fraction of sp³-hybridized carbons (Fsp3) is 0.350. The molecule has 1 aliphatic heterocycles. The number of allylic oxidation sites excluding steroid dienone is 3. The number of hydrogen-bond acceptors (Lipinski definition) is 6. The molecule has 0 saturated heterocycles. The number of esters is 1. The van der Waals surface area contributed by atoms with Gasteiger partial charge in [-0.05, 0) is 31.4 Å². The minimum atomic E-state index is -0.607. The minimum Gasteiger partial charge on any atom is -0.465 e. The number of halogens is 2. The first-order chi connectivity index (χ1) is 13.5. The van der Waals surface area contributed by atoms with Crippen molar-refractivity contribution in [1.29, 1.82) is 5.26 Å². The van der Waals surface area contributed by atoms with E-state index in [4.69, 9.17) is 27.9 Å². The maximum atomic E-state index is 12.7. The molecule has 28 heavy (non-hydrogen) atoms. The molecule has 0 unspecified atom stereocenters. The van der Waals surface area contributed by atoms with Gasteiger partial charge in [0.05, 0.1) is 45.0 Å². The molecule has 0 spiro atoms. The third-order valence-corrected chi connectivity index (χ3v) is 6.42. The van der Waals surface area contributed by atoms with Crippen LogP contribution in [0.15, 0.2) is 40.1 Å². The zero-order valence-corrected chi connectivity index (χ0v) is 17.5. The van der Waals surface area contributed by atoms with Crippen molar-refractivity contribution in [3.63, 3.8) is 0 Å². The number of Topliss-reactive ketones (excluding diaryl/α,β-unsaturated/α-hetero) is 1. The maximum absolute atomic E-state index is 12.7. The van der Waals surface area contributed by atoms with E-state index >= 15 is 0 Å². The molecule has 1 aliphatic carbocycles. The standard InChI is InChI=1S/C20H18Cl2N2O3S/c1-2-27-16(26)10-28-20-12(9-23)17(11-5-3-6-13(21)19(11)22)18-14(24-20)7-4-8-15(18)25/h3,5-6,17,24H,2,4,7-8,10H2,1H3/t17-/m0/s1. The smallest absolute Gasteiger partial charge is 0.316 e. The van der Waals surface area contributed by atoms with E-state index < -0.39 is 5.92 Å². The molecule has 0 radical (unpaired) electrons. The molecule has 1 atom stereocenters. The zero-order valence-electron chi connectivity index (χ0n) is 15.2. The number of nitrogens with one attached hydrogen (secondary N) is 1. The number of dihydropyridines is 1. The molecular weight excluding hydrogens is 419 g/mol. The average Bonchev–Trinajstić information content (AvgIpc) is 2.68. The summed E-state index contributed by atoms with van der Waals surface area (Å²) in [5, 5.41) is 14.4. The van der Waals surface area contributed by atoms with Crippen LogP contribution in [-0.2, 0) is 14.3 Å². The van der Waals surface area contributed by atoms with Gasteiger partial charge in [0, 0.05) is 17.7 Å². The quantitative estimate of drug-likeness (QED) is 0.672. The number of nitrogens with zero attached hydrogens (tertiary/aromatic N) is 1. The summed E-state index contributed by atoms with van der Waals surface area (Å²) >= 11 is 13.8. The van der Waals surface area contributed by atoms with Crippen molar-refractivity contribution in [2.75, 3.05) is 12.4 Å². The number of rotatable bonds is 5. The second-order valence-corrected chi connectivity index (χ2v) is 8.09. The molecule has 146 valence electrons. The van der Waals surface area contributed by atoms with Crippen molar-refractivity contribution >= 4 is 46.7 Å². The molecule has 0 amide bonds. The fourth-order valence-electron chi connectivity index (χ4n) is 3.43. The largest absolute Gasteiger partial charge is 0.465 e. The van der Waals surface area contributed by atoms with Gasteiger partial charge in [-0.1, -0.05) is 47.1 Å². The van der Waals surface area contributed by atoms with E-state index in [-0.39, 0.29) is 17.5 Å². The van der Waals surface area contributed by atoms with Gasteiger partial charge in [0.2, 0.25) is 0 Å². The molecular formula is C20H18Cl2N2O3S. The minimum absolute atomic E-state index is 0.00279. The molecule has 0 aromatic heterocycles. The molecule has 2 aliphatic rings. The first-order valence-electron chi connectivity index (χ1n) is 8.87. The monoisotopic (exact) mass is 436 g/mol. The van der Waals surface area contributed by atoms with Gasteiger partial charge in [-0.3, -0.25) is 9.59 Å². The van der Waals surface area contributed by atoms with E-state index in [2.05, 4.69) is 11.4 Å². The summed E-state index contributed by atoms with van der Waals surface area (Å²) in [7, 11) is 0. The highest BCUT2D eigenvalue weighted by Gasteiger charge is 2.38. The predicted molar refractivity (Wildman–Crippen MR) is 110 cm³/mol. The third-order valence-electron chi connectivity index (χ3n) is 4.60. The van der Waals surface area contributed by atoms with Gasteiger partial charge >= 0.3 is 5.97 Å². The van der Waals surface area contributed by atoms with E-state index in [1.54, 1.807) is 25.1 Å². The van der Waals surface area contributed by atoms with Gasteiger partial charge in [-0.15, -0.1) is 0 Å². The lowest BCUT2D eigenvalue weighted by molar-refractivity contribution is -0.139. The molecule has 3 rings (SSSR count). The van der Waals surface area contributed by atoms with Crippen LogP contribution in [0.1, 0.15) is 37.7 Å². The van der Waals surface area contributed by atoms with Crippen LogP contribution in [0.25, 0.3) is 0 Å². The Morgan fingerprint density at radius 1 is 1.39 bits per heavy atom. The summed E-state index contributed by atoms with van der Waals surface area (Å²) in [6, 6.07) is 7.41. The first kappa shape index (κ1) is 20.8. The van der Waals surface area contributed by atoms with Crippen LogP contribution in [0.4, 0.5) is 0 Å². The van der Waals surface area contributed by atoms with Gasteiger partial charge in [0.15, 0.2) is 5.78 Å². The van der Waals surface area contributed by atoms with E-state index in [0.717, 1.165) is 12.1 Å². The van der Waals surface area contributed by atoms with Crippen molar-refractivity contribution in [1.82, 2.24) is 5.32 Å². The van der Waals surface area contributed by atoms with Gasteiger partial charge in [0.1, 0.15) is 0 Å². The number of ketones is 1. The molecule has 8 heteroatoms. The van der Waals surface area contributed by atoms with Crippen molar-refractivity contribution in [2.24, 2.45) is 0 Å². The summed E-state index contributed by atoms with van der Waals surface area (Å²) in [6.07, 6.45) is 1.86. The summed E-state index contributed by atoms with van der Waals surface area (Å²) in [4.78, 5) is 24.5. The highest BCUT2D eigenvalue weighted by molar-refractivity contribution is 8.03. The van der Waals surface area contributed by atoms with Gasteiger partial charge < -0.3 is 10.1 Å². The first-order valence-corrected chi connectivity index (χ1v) is 10.6. The number of carbonyl (C=O) groups is 2. The Kier molecular flexibility index (Phi) is 6.71. The van der Waals surface area contributed by atoms with Crippen LogP contribution in [0.2, 0.25) is 10.0 Å². The molecule has 1 aromatic rings. The van der Waals surface area contributed by atoms with Gasteiger partial charge in [-0.2, -0.15) is 5.26 Å². The number of ether oxygens (including phenoxy) is 1. The SMILES string of the molecule is CCOC(=O)CSC1=C(C#N)[C@H](c2cccc(Cl)c2Cl)C2=C(CCCC2=O)N1. The Morgan fingerprint density at radius 3 is 2.89 bits per heavy atom. The Labute approximate surface area is 177 Å². The number of benzene rings is 1. The van der Waals surface area contributed by atoms with Crippen molar-refractivity contribution in [3.05, 3.63) is 55.7 Å². The second-order valence-electron chi connectivity index (χ2n) is 6.32. The van der Waals surface area contributed by atoms with Crippen LogP contribution in [0.5, 0.6) is 0 Å². The Bertz CT molecular complexity index is 934. The molecule has 5 nitrogen and oxygen atoms in total. The number of carbonyl (C=O) groups excluding carboxylic acids is 2. The number of thioether (sulfide) groups is 1. The van der Waals surface area contributed by atoms with Crippen molar-refractivity contribution in [3.8, 4) is 6.07 Å². The highest BCUT2D eigenvalue weighted by atomic mass is 35.5. The molecule has 0 bridgehead atoms. The predicted octanol–water partition coefficient (Wildman–Crippen LogP) is 4.72. The topological polar surface area (TPSA) is 79.2 Å².